The van der Waals surface area contributed by atoms with E-state index in [0.29, 0.717) is 6.42 Å². The molecule has 0 aliphatic heterocycles. The molecular formula is C8H10N4O2. The van der Waals surface area contributed by atoms with Gasteiger partial charge in [-0.15, -0.1) is 5.10 Å². The van der Waals surface area contributed by atoms with Crippen LogP contribution in [0.5, 0.6) is 0 Å². The summed E-state index contributed by atoms with van der Waals surface area (Å²) >= 11 is 0. The van der Waals surface area contributed by atoms with Crippen molar-refractivity contribution < 1.29 is 9.90 Å². The second-order valence-electron chi connectivity index (χ2n) is 2.80. The van der Waals surface area contributed by atoms with Crippen LogP contribution in [-0.2, 0) is 4.79 Å². The van der Waals surface area contributed by atoms with Crippen molar-refractivity contribution in [3.05, 3.63) is 12.2 Å². The molecule has 0 aromatic carbocycles. The lowest BCUT2D eigenvalue weighted by molar-refractivity contribution is -0.141. The van der Waals surface area contributed by atoms with E-state index < -0.39 is 12.0 Å². The number of carboxylic acid groups (broad SMARTS) is 1. The highest BCUT2D eigenvalue weighted by Gasteiger charge is 2.19. The number of nitriles is 1. The second-order valence-corrected chi connectivity index (χ2v) is 2.80. The van der Waals surface area contributed by atoms with E-state index in [1.165, 1.54) is 11.0 Å². The minimum Gasteiger partial charge on any atom is -0.480 e. The Hall–Kier alpha value is -1.90. The lowest BCUT2D eigenvalue weighted by Gasteiger charge is -2.09. The molecule has 0 spiro atoms. The van der Waals surface area contributed by atoms with Gasteiger partial charge in [0, 0.05) is 0 Å². The quantitative estimate of drug-likeness (QED) is 0.756. The topological polar surface area (TPSA) is 91.8 Å². The van der Waals surface area contributed by atoms with Gasteiger partial charge in [0.25, 0.3) is 5.82 Å². The summed E-state index contributed by atoms with van der Waals surface area (Å²) in [5.41, 5.74) is 0. The smallest absolute Gasteiger partial charge is 0.328 e. The Morgan fingerprint density at radius 3 is 3.00 bits per heavy atom. The van der Waals surface area contributed by atoms with E-state index in [1.807, 2.05) is 6.92 Å². The van der Waals surface area contributed by atoms with Crippen molar-refractivity contribution in [1.82, 2.24) is 14.8 Å². The lowest BCUT2D eigenvalue weighted by Crippen LogP contribution is -2.19. The Morgan fingerprint density at radius 2 is 2.57 bits per heavy atom. The fourth-order valence-corrected chi connectivity index (χ4v) is 1.12. The summed E-state index contributed by atoms with van der Waals surface area (Å²) in [7, 11) is 0. The minimum absolute atomic E-state index is 0.00708. The van der Waals surface area contributed by atoms with E-state index in [1.54, 1.807) is 6.07 Å². The van der Waals surface area contributed by atoms with Gasteiger partial charge >= 0.3 is 5.97 Å². The van der Waals surface area contributed by atoms with Crippen molar-refractivity contribution in [3.8, 4) is 6.07 Å². The summed E-state index contributed by atoms with van der Waals surface area (Å²) in [4.78, 5) is 14.5. The van der Waals surface area contributed by atoms with Crippen molar-refractivity contribution in [2.75, 3.05) is 0 Å². The molecule has 0 bridgehead atoms. The van der Waals surface area contributed by atoms with E-state index in [4.69, 9.17) is 10.4 Å². The van der Waals surface area contributed by atoms with Gasteiger partial charge in [0.15, 0.2) is 6.04 Å². The highest BCUT2D eigenvalue weighted by molar-refractivity contribution is 5.71. The van der Waals surface area contributed by atoms with Gasteiger partial charge in [-0.1, -0.05) is 13.3 Å². The van der Waals surface area contributed by atoms with Crippen molar-refractivity contribution in [2.45, 2.75) is 25.8 Å². The molecule has 0 fully saturated rings. The molecule has 1 unspecified atom stereocenters. The average molecular weight is 194 g/mol. The Kier molecular flexibility index (Phi) is 3.18. The Bertz CT molecular complexity index is 366. The predicted octanol–water partition coefficient (Wildman–Crippen LogP) is 0.576. The molecule has 0 aliphatic carbocycles. The zero-order chi connectivity index (χ0) is 10.6. The Balaban J connectivity index is 2.88. The van der Waals surface area contributed by atoms with Crippen LogP contribution in [0.15, 0.2) is 6.33 Å². The average Bonchev–Trinajstić information content (AvgIpc) is 2.61. The summed E-state index contributed by atoms with van der Waals surface area (Å²) in [6.45, 7) is 1.89. The zero-order valence-corrected chi connectivity index (χ0v) is 7.71. The normalized spacial score (nSPS) is 12.0. The molecule has 74 valence electrons. The number of carbonyl (C=O) groups is 1. The highest BCUT2D eigenvalue weighted by atomic mass is 16.4. The standard InChI is InChI=1S/C8H10N4O2/c1-2-3-6(8(13)14)12-5-10-7(4-9)11-12/h5-6H,2-3H2,1H3,(H,13,14). The van der Waals surface area contributed by atoms with Crippen molar-refractivity contribution in [3.63, 3.8) is 0 Å². The molecule has 0 aliphatic rings. The third kappa shape index (κ3) is 2.07. The lowest BCUT2D eigenvalue weighted by atomic mass is 10.2. The van der Waals surface area contributed by atoms with E-state index in [2.05, 4.69) is 10.1 Å². The summed E-state index contributed by atoms with van der Waals surface area (Å²) in [6.07, 6.45) is 2.48. The van der Waals surface area contributed by atoms with E-state index in [0.717, 1.165) is 6.42 Å². The SMILES string of the molecule is CCCC(C(=O)O)n1cnc(C#N)n1. The monoisotopic (exact) mass is 194 g/mol. The second kappa shape index (κ2) is 4.37. The van der Waals surface area contributed by atoms with E-state index >= 15 is 0 Å². The third-order valence-corrected chi connectivity index (χ3v) is 1.78. The molecule has 0 saturated carbocycles. The maximum Gasteiger partial charge on any atom is 0.328 e. The van der Waals surface area contributed by atoms with Gasteiger partial charge in [-0.2, -0.15) is 5.26 Å². The molecule has 0 amide bonds. The van der Waals surface area contributed by atoms with Gasteiger partial charge in [0.2, 0.25) is 0 Å². The van der Waals surface area contributed by atoms with Gasteiger partial charge in [0.1, 0.15) is 12.4 Å². The van der Waals surface area contributed by atoms with Crippen molar-refractivity contribution in [1.29, 1.82) is 5.26 Å². The fraction of sp³-hybridized carbons (Fsp3) is 0.500. The van der Waals surface area contributed by atoms with Crippen molar-refractivity contribution >= 4 is 5.97 Å². The van der Waals surface area contributed by atoms with E-state index in [-0.39, 0.29) is 5.82 Å². The molecule has 0 saturated heterocycles. The number of hydrogen-bond donors (Lipinski definition) is 1. The first-order chi connectivity index (χ1) is 6.69. The van der Waals surface area contributed by atoms with Gasteiger partial charge in [-0.05, 0) is 6.42 Å². The van der Waals surface area contributed by atoms with Crippen LogP contribution in [-0.4, -0.2) is 25.8 Å². The number of hydrogen-bond acceptors (Lipinski definition) is 4. The molecule has 1 aromatic rings. The molecule has 1 atom stereocenters. The first kappa shape index (κ1) is 10.2. The molecule has 1 rings (SSSR count). The van der Waals surface area contributed by atoms with Crippen LogP contribution in [0.2, 0.25) is 0 Å². The first-order valence-corrected chi connectivity index (χ1v) is 4.23. The minimum atomic E-state index is -0.957. The van der Waals surface area contributed by atoms with Crippen LogP contribution in [0.1, 0.15) is 31.6 Å². The molecule has 14 heavy (non-hydrogen) atoms. The molecule has 1 aromatic heterocycles. The fourth-order valence-electron chi connectivity index (χ4n) is 1.12. The first-order valence-electron chi connectivity index (χ1n) is 4.23. The van der Waals surface area contributed by atoms with Crippen LogP contribution in [0.25, 0.3) is 0 Å². The molecule has 6 nitrogen and oxygen atoms in total. The summed E-state index contributed by atoms with van der Waals surface area (Å²) < 4.78 is 1.21. The van der Waals surface area contributed by atoms with Gasteiger partial charge in [-0.3, -0.25) is 0 Å². The van der Waals surface area contributed by atoms with Gasteiger partial charge in [0.05, 0.1) is 0 Å². The van der Waals surface area contributed by atoms with Gasteiger partial charge < -0.3 is 5.11 Å². The van der Waals surface area contributed by atoms with Crippen LogP contribution in [0, 0.1) is 11.3 Å². The summed E-state index contributed by atoms with van der Waals surface area (Å²) in [5.74, 6) is -0.964. The number of aliphatic carboxylic acids is 1. The van der Waals surface area contributed by atoms with Crippen LogP contribution in [0.4, 0.5) is 0 Å². The van der Waals surface area contributed by atoms with Crippen LogP contribution >= 0.6 is 0 Å². The van der Waals surface area contributed by atoms with E-state index in [9.17, 15) is 4.79 Å². The number of carboxylic acids is 1. The maximum absolute atomic E-state index is 10.8. The number of aromatic nitrogens is 3. The molecule has 1 N–H and O–H groups in total. The Labute approximate surface area is 80.8 Å². The molecule has 0 radical (unpaired) electrons. The summed E-state index contributed by atoms with van der Waals surface area (Å²) in [6, 6.07) is 1.02. The third-order valence-electron chi connectivity index (χ3n) is 1.78. The van der Waals surface area contributed by atoms with Crippen LogP contribution in [0.3, 0.4) is 0 Å². The predicted molar refractivity (Wildman–Crippen MR) is 46.3 cm³/mol. The number of rotatable bonds is 4. The van der Waals surface area contributed by atoms with Gasteiger partial charge in [-0.25, -0.2) is 14.5 Å². The summed E-state index contributed by atoms with van der Waals surface area (Å²) in [5, 5.41) is 21.1. The molecular weight excluding hydrogens is 184 g/mol. The number of nitrogens with zero attached hydrogens (tertiary/aromatic N) is 4. The Morgan fingerprint density at radius 1 is 1.86 bits per heavy atom. The molecule has 6 heteroatoms. The van der Waals surface area contributed by atoms with Crippen LogP contribution < -0.4 is 0 Å². The largest absolute Gasteiger partial charge is 0.480 e. The maximum atomic E-state index is 10.8. The van der Waals surface area contributed by atoms with Crippen molar-refractivity contribution in [2.24, 2.45) is 0 Å². The molecule has 1 heterocycles. The zero-order valence-electron chi connectivity index (χ0n) is 7.71. The highest BCUT2D eigenvalue weighted by Crippen LogP contribution is 2.12.